The van der Waals surface area contributed by atoms with E-state index < -0.39 is 6.61 Å². The molecule has 1 rings (SSSR count). The molecule has 0 aliphatic heterocycles. The number of aliphatic hydroxyl groups is 1. The predicted octanol–water partition coefficient (Wildman–Crippen LogP) is 1.05. The molecule has 1 aromatic rings. The van der Waals surface area contributed by atoms with Crippen LogP contribution in [0.1, 0.15) is 12.0 Å². The Kier molecular flexibility index (Phi) is 10.4. The highest BCUT2D eigenvalue weighted by Gasteiger charge is 2.05. The Labute approximate surface area is 121 Å². The van der Waals surface area contributed by atoms with Crippen molar-refractivity contribution in [2.75, 3.05) is 40.9 Å². The Morgan fingerprint density at radius 2 is 1.85 bits per heavy atom. The van der Waals surface area contributed by atoms with Crippen LogP contribution in [0.15, 0.2) is 24.3 Å². The zero-order chi connectivity index (χ0) is 15.4. The van der Waals surface area contributed by atoms with Gasteiger partial charge in [0.05, 0.1) is 6.61 Å². The maximum atomic E-state index is 11.0. The molecule has 0 radical (unpaired) electrons. The van der Waals surface area contributed by atoms with Gasteiger partial charge < -0.3 is 20.1 Å². The van der Waals surface area contributed by atoms with Crippen molar-refractivity contribution < 1.29 is 14.6 Å². The summed E-state index contributed by atoms with van der Waals surface area (Å²) in [6, 6.07) is 7.85. The molecule has 0 saturated heterocycles. The number of benzene rings is 1. The number of nitrogens with one attached hydrogen (secondary N) is 1. The summed E-state index contributed by atoms with van der Waals surface area (Å²) in [5, 5.41) is 11.4. The van der Waals surface area contributed by atoms with Crippen molar-refractivity contribution in [1.82, 2.24) is 10.2 Å². The van der Waals surface area contributed by atoms with Gasteiger partial charge in [-0.1, -0.05) is 17.7 Å². The third kappa shape index (κ3) is 8.50. The van der Waals surface area contributed by atoms with Gasteiger partial charge in [-0.25, -0.2) is 0 Å². The minimum Gasteiger partial charge on any atom is -0.494 e. The average Bonchev–Trinajstić information content (AvgIpc) is 2.45. The van der Waals surface area contributed by atoms with Crippen LogP contribution in [0.4, 0.5) is 0 Å². The van der Waals surface area contributed by atoms with Crippen LogP contribution in [0.3, 0.4) is 0 Å². The smallest absolute Gasteiger partial charge is 0.248 e. The fourth-order valence-corrected chi connectivity index (χ4v) is 1.37. The first-order valence-electron chi connectivity index (χ1n) is 6.68. The molecule has 114 valence electrons. The lowest BCUT2D eigenvalue weighted by atomic mass is 10.2. The minimum atomic E-state index is -0.435. The Hall–Kier alpha value is -1.59. The monoisotopic (exact) mass is 282 g/mol. The summed E-state index contributed by atoms with van der Waals surface area (Å²) in [5.74, 6) is 0.576. The molecular formula is C15H26N2O3. The lowest BCUT2D eigenvalue weighted by molar-refractivity contribution is -0.132. The van der Waals surface area contributed by atoms with Crippen LogP contribution in [-0.2, 0) is 4.79 Å². The van der Waals surface area contributed by atoms with Crippen LogP contribution in [0.5, 0.6) is 5.75 Å². The lowest BCUT2D eigenvalue weighted by Crippen LogP contribution is -2.30. The van der Waals surface area contributed by atoms with E-state index in [0.29, 0.717) is 13.2 Å². The van der Waals surface area contributed by atoms with E-state index in [1.807, 2.05) is 45.3 Å². The lowest BCUT2D eigenvalue weighted by Gasteiger charge is -2.15. The summed E-state index contributed by atoms with van der Waals surface area (Å²) in [5.41, 5.74) is 1.20. The van der Waals surface area contributed by atoms with Crippen molar-refractivity contribution in [2.45, 2.75) is 13.3 Å². The molecule has 0 saturated carbocycles. The number of nitrogens with zero attached hydrogens (tertiary/aromatic N) is 1. The van der Waals surface area contributed by atoms with Gasteiger partial charge in [0.1, 0.15) is 12.4 Å². The second-order valence-corrected chi connectivity index (χ2v) is 4.49. The number of aliphatic hydroxyl groups excluding tert-OH is 1. The maximum absolute atomic E-state index is 11.0. The van der Waals surface area contributed by atoms with Crippen LogP contribution >= 0.6 is 0 Å². The predicted molar refractivity (Wildman–Crippen MR) is 81.0 cm³/mol. The second-order valence-electron chi connectivity index (χ2n) is 4.49. The van der Waals surface area contributed by atoms with Crippen molar-refractivity contribution in [2.24, 2.45) is 0 Å². The SMILES string of the molecule is CNC.Cc1ccc(OCCCN(C)C(=O)CO)cc1. The molecule has 5 heteroatoms. The van der Waals surface area contributed by atoms with E-state index in [2.05, 4.69) is 5.32 Å². The standard InChI is InChI=1S/C13H19NO3.C2H7N/c1-11-4-6-12(7-5-11)17-9-3-8-14(2)13(16)10-15;1-3-2/h4-7,15H,3,8-10H2,1-2H3;3H,1-2H3. The fraction of sp³-hybridized carbons (Fsp3) is 0.533. The highest BCUT2D eigenvalue weighted by Crippen LogP contribution is 2.11. The molecule has 0 aliphatic rings. The van der Waals surface area contributed by atoms with Crippen LogP contribution in [0, 0.1) is 6.92 Å². The van der Waals surface area contributed by atoms with Crippen molar-refractivity contribution in [3.05, 3.63) is 29.8 Å². The fourth-order valence-electron chi connectivity index (χ4n) is 1.37. The zero-order valence-corrected chi connectivity index (χ0v) is 12.8. The highest BCUT2D eigenvalue weighted by atomic mass is 16.5. The number of carbonyl (C=O) groups is 1. The number of rotatable bonds is 6. The van der Waals surface area contributed by atoms with Gasteiger partial charge in [0, 0.05) is 13.6 Å². The van der Waals surface area contributed by atoms with E-state index in [4.69, 9.17) is 9.84 Å². The van der Waals surface area contributed by atoms with Gasteiger partial charge in [-0.3, -0.25) is 4.79 Å². The van der Waals surface area contributed by atoms with Gasteiger partial charge in [0.2, 0.25) is 5.91 Å². The summed E-state index contributed by atoms with van der Waals surface area (Å²) in [7, 11) is 5.42. The highest BCUT2D eigenvalue weighted by molar-refractivity contribution is 5.76. The molecule has 2 N–H and O–H groups in total. The number of hydrogen-bond acceptors (Lipinski definition) is 4. The van der Waals surface area contributed by atoms with E-state index in [0.717, 1.165) is 12.2 Å². The number of aryl methyl sites for hydroxylation is 1. The molecule has 1 aromatic carbocycles. The van der Waals surface area contributed by atoms with Crippen molar-refractivity contribution in [1.29, 1.82) is 0 Å². The second kappa shape index (κ2) is 11.3. The summed E-state index contributed by atoms with van der Waals surface area (Å²) in [4.78, 5) is 12.5. The van der Waals surface area contributed by atoms with E-state index in [1.54, 1.807) is 7.05 Å². The first kappa shape index (κ1) is 18.4. The van der Waals surface area contributed by atoms with Gasteiger partial charge in [-0.15, -0.1) is 0 Å². The van der Waals surface area contributed by atoms with Gasteiger partial charge >= 0.3 is 0 Å². The number of hydrogen-bond donors (Lipinski definition) is 2. The zero-order valence-electron chi connectivity index (χ0n) is 12.8. The Bertz CT molecular complexity index is 366. The molecule has 0 aliphatic carbocycles. The largest absolute Gasteiger partial charge is 0.494 e. The molecular weight excluding hydrogens is 256 g/mol. The maximum Gasteiger partial charge on any atom is 0.248 e. The van der Waals surface area contributed by atoms with Crippen LogP contribution in [-0.4, -0.2) is 56.8 Å². The number of amides is 1. The number of carbonyl (C=O) groups excluding carboxylic acids is 1. The van der Waals surface area contributed by atoms with Gasteiger partial charge in [0.25, 0.3) is 0 Å². The molecule has 0 spiro atoms. The Balaban J connectivity index is 0.00000110. The van der Waals surface area contributed by atoms with Crippen LogP contribution in [0.2, 0.25) is 0 Å². The Morgan fingerprint density at radius 1 is 1.30 bits per heavy atom. The Morgan fingerprint density at radius 3 is 2.35 bits per heavy atom. The van der Waals surface area contributed by atoms with Crippen molar-refractivity contribution in [3.8, 4) is 5.75 Å². The van der Waals surface area contributed by atoms with Crippen molar-refractivity contribution >= 4 is 5.91 Å². The molecule has 5 nitrogen and oxygen atoms in total. The average molecular weight is 282 g/mol. The summed E-state index contributed by atoms with van der Waals surface area (Å²) in [6.45, 7) is 2.74. The third-order valence-corrected chi connectivity index (χ3v) is 2.49. The minimum absolute atomic E-state index is 0.264. The first-order valence-corrected chi connectivity index (χ1v) is 6.68. The van der Waals surface area contributed by atoms with E-state index >= 15 is 0 Å². The quantitative estimate of drug-likeness (QED) is 0.766. The van der Waals surface area contributed by atoms with Crippen LogP contribution in [0.25, 0.3) is 0 Å². The van der Waals surface area contributed by atoms with Gasteiger partial charge in [-0.05, 0) is 39.6 Å². The summed E-state index contributed by atoms with van der Waals surface area (Å²) in [6.07, 6.45) is 0.746. The van der Waals surface area contributed by atoms with Crippen LogP contribution < -0.4 is 10.1 Å². The topological polar surface area (TPSA) is 61.8 Å². The molecule has 0 heterocycles. The number of likely N-dealkylation sites (N-methyl/N-ethyl adjacent to an activating group) is 1. The molecule has 0 bridgehead atoms. The van der Waals surface area contributed by atoms with Gasteiger partial charge in [-0.2, -0.15) is 0 Å². The van der Waals surface area contributed by atoms with E-state index in [1.165, 1.54) is 10.5 Å². The molecule has 1 amide bonds. The van der Waals surface area contributed by atoms with Crippen molar-refractivity contribution in [3.63, 3.8) is 0 Å². The summed E-state index contributed by atoms with van der Waals surface area (Å²) < 4.78 is 5.52. The summed E-state index contributed by atoms with van der Waals surface area (Å²) >= 11 is 0. The normalized spacial score (nSPS) is 9.45. The van der Waals surface area contributed by atoms with Gasteiger partial charge in [0.15, 0.2) is 0 Å². The molecule has 0 unspecified atom stereocenters. The first-order chi connectivity index (χ1) is 9.54. The molecule has 0 aromatic heterocycles. The molecule has 20 heavy (non-hydrogen) atoms. The molecule has 0 atom stereocenters. The van der Waals surface area contributed by atoms with E-state index in [9.17, 15) is 4.79 Å². The third-order valence-electron chi connectivity index (χ3n) is 2.49. The number of ether oxygens (including phenoxy) is 1. The van der Waals surface area contributed by atoms with E-state index in [-0.39, 0.29) is 5.91 Å². The molecule has 0 fully saturated rings.